The average molecular weight is 1040 g/mol. The van der Waals surface area contributed by atoms with Gasteiger partial charge in [-0.2, -0.15) is 0 Å². The Morgan fingerprint density at radius 3 is 2.13 bits per heavy atom. The molecule has 8 heteroatoms. The standard InChI is InChI=1S/C35H25N4O.C18H24GeN.Ir/c1-20(2)31-24-12-6-4-10-22(24)23-11-5-7-13-25(23)33(31)39-29-19-37-21(3)18-28(29)38-34(39)26-14-8-16-30-32(26)27-15-9-17-36-35(27)40-30;1-14(2)11-16-12-18(15-9-7-6-8-10-15)20-13-17(16)19(3,4)5;/h4-13,15-20H,1-3H3;6-9,12-14H,11H2,1-5H3;/q2*-1;. The van der Waals surface area contributed by atoms with Crippen LogP contribution in [0.5, 0.6) is 0 Å². The molecule has 0 aliphatic heterocycles. The summed E-state index contributed by atoms with van der Waals surface area (Å²) in [6.45, 7) is 11.1. The molecule has 0 aliphatic carbocycles. The van der Waals surface area contributed by atoms with E-state index < -0.39 is 13.3 Å². The van der Waals surface area contributed by atoms with Crippen LogP contribution < -0.4 is 4.40 Å². The number of benzene rings is 5. The van der Waals surface area contributed by atoms with Gasteiger partial charge in [-0.05, 0) is 46.7 Å². The van der Waals surface area contributed by atoms with Crippen LogP contribution in [0.1, 0.15) is 50.4 Å². The number of hydrogen-bond donors (Lipinski definition) is 0. The third kappa shape index (κ3) is 7.96. The smallest absolute Gasteiger partial charge is 0.215 e. The molecule has 1 radical (unpaired) electrons. The Morgan fingerprint density at radius 2 is 1.43 bits per heavy atom. The van der Waals surface area contributed by atoms with Crippen molar-refractivity contribution in [3.8, 4) is 28.3 Å². The summed E-state index contributed by atoms with van der Waals surface area (Å²) in [5.41, 5.74) is 11.1. The zero-order chi connectivity index (χ0) is 41.7. The van der Waals surface area contributed by atoms with Crippen molar-refractivity contribution >= 4 is 72.3 Å². The Bertz CT molecular complexity index is 3200. The molecule has 0 amide bonds. The zero-order valence-electron chi connectivity index (χ0n) is 36.0. The number of hydrogen-bond acceptors (Lipinski definition) is 5. The van der Waals surface area contributed by atoms with E-state index in [9.17, 15) is 0 Å². The first-order valence-electron chi connectivity index (χ1n) is 20.9. The molecule has 0 fully saturated rings. The summed E-state index contributed by atoms with van der Waals surface area (Å²) < 4.78 is 10.0. The molecule has 0 saturated carbocycles. The second-order valence-corrected chi connectivity index (χ2v) is 28.1. The largest absolute Gasteiger partial charge is 0.458 e. The molecule has 6 nitrogen and oxygen atoms in total. The van der Waals surface area contributed by atoms with Crippen molar-refractivity contribution in [1.29, 1.82) is 0 Å². The van der Waals surface area contributed by atoms with Crippen LogP contribution in [0.3, 0.4) is 0 Å². The van der Waals surface area contributed by atoms with Gasteiger partial charge >= 0.3 is 126 Å². The SMILES string of the molecule is CC(C)Cc1cc(-c2[c-]cccc2)nc[c]1[Ge]([CH3])([CH3])[CH3].Cc1cc2nc(-c3[c-]ccc4oc5ncccc5c34)n(-c3c(C(C)C)c4ccccc4c4ccccc34)c2cn1.[Ir]. The molecular weight excluding hydrogens is 987 g/mol. The van der Waals surface area contributed by atoms with E-state index in [1.165, 1.54) is 32.7 Å². The Kier molecular flexibility index (Phi) is 11.9. The minimum absolute atomic E-state index is 0. The molecule has 5 aromatic carbocycles. The number of rotatable bonds is 7. The summed E-state index contributed by atoms with van der Waals surface area (Å²) >= 11 is -1.86. The summed E-state index contributed by atoms with van der Waals surface area (Å²) in [7, 11) is 0. The average Bonchev–Trinajstić information content (AvgIpc) is 3.81. The van der Waals surface area contributed by atoms with Gasteiger partial charge in [-0.3, -0.25) is 9.97 Å². The van der Waals surface area contributed by atoms with Crippen molar-refractivity contribution in [1.82, 2.24) is 24.5 Å². The fourth-order valence-corrected chi connectivity index (χ4v) is 12.0. The second-order valence-electron chi connectivity index (χ2n) is 17.5. The van der Waals surface area contributed by atoms with Gasteiger partial charge in [0, 0.05) is 42.8 Å². The fraction of sp³-hybridized carbons (Fsp3) is 0.208. The molecule has 10 rings (SSSR count). The maximum atomic E-state index is 6.16. The number of furan rings is 1. The van der Waals surface area contributed by atoms with Gasteiger partial charge in [-0.15, -0.1) is 12.1 Å². The molecule has 0 atom stereocenters. The first-order valence-corrected chi connectivity index (χ1v) is 28.3. The number of pyridine rings is 3. The zero-order valence-corrected chi connectivity index (χ0v) is 40.5. The quantitative estimate of drug-likeness (QED) is 0.0904. The molecule has 0 unspecified atom stereocenters. The van der Waals surface area contributed by atoms with Gasteiger partial charge in [-0.1, -0.05) is 85.5 Å². The van der Waals surface area contributed by atoms with Gasteiger partial charge in [0.25, 0.3) is 0 Å². The van der Waals surface area contributed by atoms with Crippen LogP contribution in [0, 0.1) is 25.0 Å². The van der Waals surface area contributed by atoms with E-state index in [4.69, 9.17) is 19.4 Å². The van der Waals surface area contributed by atoms with Crippen LogP contribution in [0.15, 0.2) is 132 Å². The van der Waals surface area contributed by atoms with Crippen LogP contribution in [-0.4, -0.2) is 37.8 Å². The van der Waals surface area contributed by atoms with E-state index in [0.29, 0.717) is 11.6 Å². The molecular formula is C53H49GeIrN5O-2. The van der Waals surface area contributed by atoms with Crippen molar-refractivity contribution in [2.75, 3.05) is 0 Å². The molecule has 307 valence electrons. The van der Waals surface area contributed by atoms with Crippen molar-refractivity contribution in [3.63, 3.8) is 0 Å². The minimum Gasteiger partial charge on any atom is -0.458 e. The van der Waals surface area contributed by atoms with E-state index in [-0.39, 0.29) is 26.0 Å². The van der Waals surface area contributed by atoms with Crippen LogP contribution in [-0.2, 0) is 26.5 Å². The number of aromatic nitrogens is 5. The number of imidazole rings is 1. The summed E-state index contributed by atoms with van der Waals surface area (Å²) in [5.74, 6) is 9.06. The van der Waals surface area contributed by atoms with E-state index >= 15 is 0 Å². The molecule has 0 aliphatic rings. The Labute approximate surface area is 374 Å². The maximum absolute atomic E-state index is 6.16. The van der Waals surface area contributed by atoms with Gasteiger partial charge in [0.05, 0.1) is 34.3 Å². The molecule has 0 saturated heterocycles. The molecule has 10 aromatic rings. The van der Waals surface area contributed by atoms with Gasteiger partial charge < -0.3 is 8.98 Å². The minimum atomic E-state index is -1.86. The summed E-state index contributed by atoms with van der Waals surface area (Å²) in [4.78, 5) is 19.2. The van der Waals surface area contributed by atoms with Crippen LogP contribution in [0.2, 0.25) is 17.3 Å². The van der Waals surface area contributed by atoms with Crippen LogP contribution in [0.25, 0.3) is 83.0 Å². The predicted molar refractivity (Wildman–Crippen MR) is 252 cm³/mol. The first kappa shape index (κ1) is 42.2. The molecule has 0 bridgehead atoms. The van der Waals surface area contributed by atoms with E-state index in [0.717, 1.165) is 67.8 Å². The molecule has 0 N–H and O–H groups in total. The number of fused-ring (bicyclic) bond motifs is 7. The van der Waals surface area contributed by atoms with Crippen molar-refractivity contribution in [2.45, 2.75) is 64.2 Å². The third-order valence-electron chi connectivity index (χ3n) is 11.3. The van der Waals surface area contributed by atoms with E-state index in [1.807, 2.05) is 49.5 Å². The summed E-state index contributed by atoms with van der Waals surface area (Å²) in [5, 5.41) is 6.81. The number of nitrogens with zero attached hydrogens (tertiary/aromatic N) is 5. The van der Waals surface area contributed by atoms with Gasteiger partial charge in [-0.25, -0.2) is 4.98 Å². The number of aryl methyl sites for hydroxylation is 1. The Hall–Kier alpha value is -5.47. The topological polar surface area (TPSA) is 69.6 Å². The van der Waals surface area contributed by atoms with Crippen LogP contribution >= 0.6 is 0 Å². The molecule has 5 aromatic heterocycles. The molecule has 61 heavy (non-hydrogen) atoms. The normalized spacial score (nSPS) is 11.8. The first-order chi connectivity index (χ1) is 29.0. The fourth-order valence-electron chi connectivity index (χ4n) is 8.70. The van der Waals surface area contributed by atoms with Crippen LogP contribution in [0.4, 0.5) is 0 Å². The van der Waals surface area contributed by atoms with Gasteiger partial charge in [0.2, 0.25) is 5.71 Å². The second kappa shape index (κ2) is 17.1. The van der Waals surface area contributed by atoms with Gasteiger partial charge in [0.1, 0.15) is 0 Å². The van der Waals surface area contributed by atoms with Gasteiger partial charge in [0.15, 0.2) is 0 Å². The Morgan fingerprint density at radius 1 is 0.721 bits per heavy atom. The maximum Gasteiger partial charge on any atom is 0.215 e. The molecule has 0 spiro atoms. The van der Waals surface area contributed by atoms with Crippen molar-refractivity contribution in [3.05, 3.63) is 157 Å². The predicted octanol–water partition coefficient (Wildman–Crippen LogP) is 13.2. The summed E-state index contributed by atoms with van der Waals surface area (Å²) in [6, 6.07) is 44.5. The van der Waals surface area contributed by atoms with E-state index in [2.05, 4.69) is 146 Å². The third-order valence-corrected chi connectivity index (χ3v) is 15.6. The Balaban J connectivity index is 0.000000208. The summed E-state index contributed by atoms with van der Waals surface area (Å²) in [6.07, 6.45) is 6.98. The van der Waals surface area contributed by atoms with Crippen molar-refractivity contribution in [2.24, 2.45) is 5.92 Å². The van der Waals surface area contributed by atoms with Crippen molar-refractivity contribution < 1.29 is 24.5 Å². The van der Waals surface area contributed by atoms with E-state index in [1.54, 1.807) is 10.6 Å². The monoisotopic (exact) mass is 1040 g/mol. The molecule has 5 heterocycles.